The van der Waals surface area contributed by atoms with Crippen LogP contribution in [0.4, 0.5) is 0 Å². The lowest BCUT2D eigenvalue weighted by atomic mass is 10.0. The maximum atomic E-state index is 12.2. The quantitative estimate of drug-likeness (QED) is 0.343. The molecule has 0 fully saturated rings. The van der Waals surface area contributed by atoms with Crippen LogP contribution in [0.3, 0.4) is 0 Å². The number of benzene rings is 1. The fourth-order valence-electron chi connectivity index (χ4n) is 2.48. The summed E-state index contributed by atoms with van der Waals surface area (Å²) >= 11 is 0. The van der Waals surface area contributed by atoms with Crippen molar-refractivity contribution in [1.82, 2.24) is 0 Å². The van der Waals surface area contributed by atoms with Gasteiger partial charge in [0, 0.05) is 5.56 Å². The SMILES string of the molecule is CCOC(=O)C(C=Cc1ccc(C(=O)CC(=O)c2ccco2)cc1)C(=O)OCC. The van der Waals surface area contributed by atoms with Gasteiger partial charge in [-0.15, -0.1) is 0 Å². The van der Waals surface area contributed by atoms with Gasteiger partial charge in [0.25, 0.3) is 0 Å². The molecule has 0 aliphatic rings. The first kappa shape index (κ1) is 21.8. The standard InChI is InChI=1S/C22H22O7/c1-3-27-21(25)17(22(26)28-4-2)12-9-15-7-10-16(11-8-15)18(23)14-19(24)20-6-5-13-29-20/h5-13,17H,3-4,14H2,1-2H3. The van der Waals surface area contributed by atoms with E-state index in [1.54, 1.807) is 50.3 Å². The van der Waals surface area contributed by atoms with Gasteiger partial charge in [0.05, 0.1) is 25.9 Å². The van der Waals surface area contributed by atoms with Crippen molar-refractivity contribution in [3.63, 3.8) is 0 Å². The Bertz CT molecular complexity index is 858. The van der Waals surface area contributed by atoms with E-state index in [0.717, 1.165) is 0 Å². The Balaban J connectivity index is 2.05. The lowest BCUT2D eigenvalue weighted by Crippen LogP contribution is -2.26. The second-order valence-electron chi connectivity index (χ2n) is 5.96. The van der Waals surface area contributed by atoms with Crippen molar-refractivity contribution in [2.75, 3.05) is 13.2 Å². The number of carbonyl (C=O) groups excluding carboxylic acids is 4. The summed E-state index contributed by atoms with van der Waals surface area (Å²) in [5.74, 6) is -3.13. The lowest BCUT2D eigenvalue weighted by molar-refractivity contribution is -0.158. The minimum absolute atomic E-state index is 0.141. The van der Waals surface area contributed by atoms with Crippen molar-refractivity contribution in [3.05, 3.63) is 65.6 Å². The minimum Gasteiger partial charge on any atom is -0.465 e. The Labute approximate surface area is 168 Å². The molecule has 0 amide bonds. The highest BCUT2D eigenvalue weighted by atomic mass is 16.6. The normalized spacial score (nSPS) is 10.9. The van der Waals surface area contributed by atoms with E-state index >= 15 is 0 Å². The third-order valence-corrected chi connectivity index (χ3v) is 3.91. The van der Waals surface area contributed by atoms with Crippen LogP contribution < -0.4 is 0 Å². The van der Waals surface area contributed by atoms with Crippen molar-refractivity contribution < 1.29 is 33.1 Å². The van der Waals surface area contributed by atoms with Crippen molar-refractivity contribution >= 4 is 29.6 Å². The number of esters is 2. The smallest absolute Gasteiger partial charge is 0.324 e. The van der Waals surface area contributed by atoms with Crippen LogP contribution in [0.15, 0.2) is 53.2 Å². The molecule has 1 heterocycles. The van der Waals surface area contributed by atoms with E-state index in [1.807, 2.05) is 0 Å². The van der Waals surface area contributed by atoms with Gasteiger partial charge in [-0.05, 0) is 31.5 Å². The third kappa shape index (κ3) is 6.27. The summed E-state index contributed by atoms with van der Waals surface area (Å²) in [5.41, 5.74) is 1.03. The van der Waals surface area contributed by atoms with E-state index in [9.17, 15) is 19.2 Å². The first-order chi connectivity index (χ1) is 14.0. The molecule has 29 heavy (non-hydrogen) atoms. The maximum Gasteiger partial charge on any atom is 0.324 e. The molecule has 2 aromatic rings. The van der Waals surface area contributed by atoms with Crippen molar-refractivity contribution in [2.24, 2.45) is 5.92 Å². The molecule has 1 aromatic carbocycles. The van der Waals surface area contributed by atoms with E-state index < -0.39 is 23.6 Å². The lowest BCUT2D eigenvalue weighted by Gasteiger charge is -2.10. The van der Waals surface area contributed by atoms with Gasteiger partial charge in [0.15, 0.2) is 17.5 Å². The zero-order valence-corrected chi connectivity index (χ0v) is 16.3. The highest BCUT2D eigenvalue weighted by Crippen LogP contribution is 2.14. The summed E-state index contributed by atoms with van der Waals surface area (Å²) in [4.78, 5) is 48.1. The van der Waals surface area contributed by atoms with Crippen LogP contribution in [0.1, 0.15) is 46.7 Å². The van der Waals surface area contributed by atoms with Gasteiger partial charge in [-0.3, -0.25) is 19.2 Å². The number of rotatable bonds is 10. The third-order valence-electron chi connectivity index (χ3n) is 3.91. The number of furan rings is 1. The van der Waals surface area contributed by atoms with Crippen molar-refractivity contribution in [1.29, 1.82) is 0 Å². The minimum atomic E-state index is -1.16. The number of ether oxygens (including phenoxy) is 2. The summed E-state index contributed by atoms with van der Waals surface area (Å²) in [6.07, 6.45) is 4.04. The topological polar surface area (TPSA) is 99.9 Å². The number of hydrogen-bond acceptors (Lipinski definition) is 7. The van der Waals surface area contributed by atoms with E-state index in [4.69, 9.17) is 13.9 Å². The Morgan fingerprint density at radius 2 is 1.55 bits per heavy atom. The summed E-state index contributed by atoms with van der Waals surface area (Å²) in [6.45, 7) is 3.60. The molecule has 0 aliphatic carbocycles. The average Bonchev–Trinajstić information content (AvgIpc) is 3.24. The molecule has 7 nitrogen and oxygen atoms in total. The average molecular weight is 398 g/mol. The Hall–Kier alpha value is -3.48. The van der Waals surface area contributed by atoms with Gasteiger partial charge in [-0.2, -0.15) is 0 Å². The van der Waals surface area contributed by atoms with Gasteiger partial charge in [-0.1, -0.05) is 36.4 Å². The molecule has 0 spiro atoms. The van der Waals surface area contributed by atoms with Gasteiger partial charge in [0.2, 0.25) is 5.78 Å². The molecular weight excluding hydrogens is 376 g/mol. The van der Waals surface area contributed by atoms with Crippen LogP contribution in [0.2, 0.25) is 0 Å². The van der Waals surface area contributed by atoms with Crippen LogP contribution in [0, 0.1) is 5.92 Å². The van der Waals surface area contributed by atoms with Gasteiger partial charge >= 0.3 is 11.9 Å². The van der Waals surface area contributed by atoms with Gasteiger partial charge in [0.1, 0.15) is 0 Å². The van der Waals surface area contributed by atoms with Gasteiger partial charge < -0.3 is 13.9 Å². The van der Waals surface area contributed by atoms with Crippen LogP contribution in [0.5, 0.6) is 0 Å². The number of carbonyl (C=O) groups is 4. The number of ketones is 2. The molecule has 0 saturated heterocycles. The summed E-state index contributed by atoms with van der Waals surface area (Å²) in [5, 5.41) is 0. The molecular formula is C22H22O7. The molecule has 152 valence electrons. The zero-order chi connectivity index (χ0) is 21.2. The van der Waals surface area contributed by atoms with Crippen molar-refractivity contribution in [2.45, 2.75) is 20.3 Å². The highest BCUT2D eigenvalue weighted by Gasteiger charge is 2.26. The Kier molecular flexibility index (Phi) is 8.09. The second-order valence-corrected chi connectivity index (χ2v) is 5.96. The molecule has 0 saturated carbocycles. The zero-order valence-electron chi connectivity index (χ0n) is 16.3. The molecule has 7 heteroatoms. The van der Waals surface area contributed by atoms with E-state index in [1.165, 1.54) is 18.4 Å². The molecule has 0 bridgehead atoms. The summed E-state index contributed by atoms with van der Waals surface area (Å²) in [7, 11) is 0. The summed E-state index contributed by atoms with van der Waals surface area (Å²) < 4.78 is 14.8. The fraction of sp³-hybridized carbons (Fsp3) is 0.273. The second kappa shape index (κ2) is 10.8. The number of hydrogen-bond donors (Lipinski definition) is 0. The number of Topliss-reactive ketones (excluding diaryl/α,β-unsaturated/α-hetero) is 2. The largest absolute Gasteiger partial charge is 0.465 e. The van der Waals surface area contributed by atoms with E-state index in [-0.39, 0.29) is 31.2 Å². The first-order valence-electron chi connectivity index (χ1n) is 9.17. The van der Waals surface area contributed by atoms with Crippen LogP contribution >= 0.6 is 0 Å². The molecule has 2 rings (SSSR count). The van der Waals surface area contributed by atoms with Crippen LogP contribution in [-0.4, -0.2) is 36.7 Å². The first-order valence-corrected chi connectivity index (χ1v) is 9.17. The predicted molar refractivity (Wildman–Crippen MR) is 104 cm³/mol. The summed E-state index contributed by atoms with van der Waals surface area (Å²) in [6, 6.07) is 9.52. The molecule has 0 N–H and O–H groups in total. The van der Waals surface area contributed by atoms with E-state index in [0.29, 0.717) is 11.1 Å². The molecule has 0 radical (unpaired) electrons. The fourth-order valence-corrected chi connectivity index (χ4v) is 2.48. The van der Waals surface area contributed by atoms with Crippen LogP contribution in [-0.2, 0) is 19.1 Å². The Morgan fingerprint density at radius 1 is 0.931 bits per heavy atom. The Morgan fingerprint density at radius 3 is 2.07 bits per heavy atom. The van der Waals surface area contributed by atoms with E-state index in [2.05, 4.69) is 0 Å². The van der Waals surface area contributed by atoms with Crippen molar-refractivity contribution in [3.8, 4) is 0 Å². The molecule has 0 aliphatic heterocycles. The predicted octanol–water partition coefficient (Wildman–Crippen LogP) is 3.49. The van der Waals surface area contributed by atoms with Gasteiger partial charge in [-0.25, -0.2) is 0 Å². The molecule has 1 aromatic heterocycles. The highest BCUT2D eigenvalue weighted by molar-refractivity contribution is 6.12. The molecule has 0 unspecified atom stereocenters. The maximum absolute atomic E-state index is 12.2. The molecule has 0 atom stereocenters. The van der Waals surface area contributed by atoms with Crippen LogP contribution in [0.25, 0.3) is 6.08 Å². The monoisotopic (exact) mass is 398 g/mol.